The Bertz CT molecular complexity index is 2160. The molecule has 4 heterocycles. The van der Waals surface area contributed by atoms with Crippen molar-refractivity contribution < 1.29 is 0 Å². The average Bonchev–Trinajstić information content (AvgIpc) is 3.51. The zero-order chi connectivity index (χ0) is 23.6. The number of hydrogen-bond donors (Lipinski definition) is 0. The first-order valence-electron chi connectivity index (χ1n) is 11.8. The van der Waals surface area contributed by atoms with Gasteiger partial charge in [0.15, 0.2) is 22.8 Å². The third-order valence-corrected chi connectivity index (χ3v) is 6.77. The molecule has 0 fully saturated rings. The fourth-order valence-corrected chi connectivity index (χ4v) is 5.17. The summed E-state index contributed by atoms with van der Waals surface area (Å²) in [5.41, 5.74) is 8.13. The second-order valence-corrected chi connectivity index (χ2v) is 8.83. The van der Waals surface area contributed by atoms with Gasteiger partial charge >= 0.3 is 0 Å². The van der Waals surface area contributed by atoms with Crippen LogP contribution >= 0.6 is 0 Å². The lowest BCUT2D eigenvalue weighted by Gasteiger charge is -2.09. The molecule has 0 N–H and O–H groups in total. The van der Waals surface area contributed by atoms with Gasteiger partial charge in [-0.15, -0.1) is 0 Å². The summed E-state index contributed by atoms with van der Waals surface area (Å²) in [6.45, 7) is 0. The number of aromatic nitrogens is 6. The highest BCUT2D eigenvalue weighted by Gasteiger charge is 2.17. The minimum absolute atomic E-state index is 0.671. The highest BCUT2D eigenvalue weighted by molar-refractivity contribution is 6.07. The minimum Gasteiger partial charge on any atom is -0.289 e. The van der Waals surface area contributed by atoms with Crippen LogP contribution in [-0.2, 0) is 0 Å². The van der Waals surface area contributed by atoms with Crippen LogP contribution in [0.1, 0.15) is 0 Å². The van der Waals surface area contributed by atoms with Crippen LogP contribution in [0.2, 0.25) is 0 Å². The highest BCUT2D eigenvalue weighted by Crippen LogP contribution is 2.31. The van der Waals surface area contributed by atoms with Gasteiger partial charge < -0.3 is 0 Å². The summed E-state index contributed by atoms with van der Waals surface area (Å²) in [5, 5.41) is 1.98. The van der Waals surface area contributed by atoms with E-state index in [0.29, 0.717) is 5.82 Å². The van der Waals surface area contributed by atoms with Crippen LogP contribution in [0.3, 0.4) is 0 Å². The summed E-state index contributed by atoms with van der Waals surface area (Å²) in [7, 11) is 0. The molecular weight excluding hydrogens is 444 g/mol. The van der Waals surface area contributed by atoms with Gasteiger partial charge in [-0.3, -0.25) is 8.80 Å². The zero-order valence-corrected chi connectivity index (χ0v) is 19.1. The first kappa shape index (κ1) is 19.2. The molecule has 6 nitrogen and oxygen atoms in total. The fourth-order valence-electron chi connectivity index (χ4n) is 5.17. The molecule has 4 aromatic carbocycles. The molecule has 0 spiro atoms. The van der Waals surface area contributed by atoms with E-state index in [1.54, 1.807) is 0 Å². The molecular formula is C30H18N6. The maximum Gasteiger partial charge on any atom is 0.183 e. The normalized spacial score (nSPS) is 11.9. The standard InChI is InChI=1S/C30H18N6/c1-2-10-19(11-3-1)27-31-18-21-20-12-4-7-15-24(20)35-25-16-8-5-13-22(25)32-29(35)30-33-23-14-6-9-17-26(23)36(30)28(21)34-27/h1-18H. The molecule has 0 unspecified atom stereocenters. The molecule has 0 saturated heterocycles. The number of rotatable bonds is 1. The summed E-state index contributed by atoms with van der Waals surface area (Å²) in [6.07, 6.45) is 1.94. The number of fused-ring (bicyclic) bond motifs is 12. The van der Waals surface area contributed by atoms with Gasteiger partial charge in [0.1, 0.15) is 0 Å². The maximum atomic E-state index is 5.15. The van der Waals surface area contributed by atoms with Gasteiger partial charge in [0.05, 0.1) is 27.6 Å². The lowest BCUT2D eigenvalue weighted by molar-refractivity contribution is 1.16. The van der Waals surface area contributed by atoms with Crippen molar-refractivity contribution in [3.63, 3.8) is 0 Å². The van der Waals surface area contributed by atoms with Crippen molar-refractivity contribution in [3.8, 4) is 11.4 Å². The SMILES string of the molecule is c1ccc(-c2ncc3c4ccccc4n4c5ccccc5nc4c4nc5ccccc5n4c3n2)cc1. The van der Waals surface area contributed by atoms with E-state index in [2.05, 4.69) is 45.2 Å². The third-order valence-electron chi connectivity index (χ3n) is 6.77. The Kier molecular flexibility index (Phi) is 3.85. The van der Waals surface area contributed by atoms with Gasteiger partial charge in [0.25, 0.3) is 0 Å². The van der Waals surface area contributed by atoms with Crippen LogP contribution in [0.25, 0.3) is 66.7 Å². The van der Waals surface area contributed by atoms with Gasteiger partial charge in [-0.05, 0) is 30.3 Å². The molecule has 0 bridgehead atoms. The van der Waals surface area contributed by atoms with Crippen molar-refractivity contribution in [1.29, 1.82) is 0 Å². The summed E-state index contributed by atoms with van der Waals surface area (Å²) >= 11 is 0. The van der Waals surface area contributed by atoms with Crippen LogP contribution in [-0.4, -0.2) is 28.7 Å². The van der Waals surface area contributed by atoms with Crippen molar-refractivity contribution in [2.45, 2.75) is 0 Å². The van der Waals surface area contributed by atoms with E-state index in [-0.39, 0.29) is 0 Å². The largest absolute Gasteiger partial charge is 0.289 e. The monoisotopic (exact) mass is 462 g/mol. The molecule has 8 rings (SSSR count). The Morgan fingerprint density at radius 1 is 0.444 bits per heavy atom. The molecule has 0 aliphatic rings. The highest BCUT2D eigenvalue weighted by atomic mass is 15.1. The third kappa shape index (κ3) is 2.61. The average molecular weight is 463 g/mol. The van der Waals surface area contributed by atoms with E-state index in [1.165, 1.54) is 0 Å². The quantitative estimate of drug-likeness (QED) is 0.275. The number of hydrogen-bond acceptors (Lipinski definition) is 4. The van der Waals surface area contributed by atoms with Crippen LogP contribution in [0, 0.1) is 0 Å². The maximum absolute atomic E-state index is 5.15. The van der Waals surface area contributed by atoms with Gasteiger partial charge in [0.2, 0.25) is 0 Å². The van der Waals surface area contributed by atoms with Crippen LogP contribution in [0.15, 0.2) is 109 Å². The van der Waals surface area contributed by atoms with Gasteiger partial charge in [0, 0.05) is 22.5 Å². The Morgan fingerprint density at radius 3 is 1.78 bits per heavy atom. The zero-order valence-electron chi connectivity index (χ0n) is 19.1. The number of nitrogens with zero attached hydrogens (tertiary/aromatic N) is 6. The predicted molar refractivity (Wildman–Crippen MR) is 144 cm³/mol. The summed E-state index contributed by atoms with van der Waals surface area (Å²) in [6, 6.07) is 34.8. The van der Waals surface area contributed by atoms with E-state index in [1.807, 2.05) is 72.9 Å². The molecule has 6 heteroatoms. The van der Waals surface area contributed by atoms with Crippen LogP contribution in [0.5, 0.6) is 0 Å². The van der Waals surface area contributed by atoms with E-state index in [4.69, 9.17) is 19.9 Å². The second-order valence-electron chi connectivity index (χ2n) is 8.83. The summed E-state index contributed by atoms with van der Waals surface area (Å²) in [5.74, 6) is 0.671. The Labute approximate surface area is 204 Å². The smallest absolute Gasteiger partial charge is 0.183 e. The van der Waals surface area contributed by atoms with Crippen molar-refractivity contribution in [2.24, 2.45) is 0 Å². The van der Waals surface area contributed by atoms with E-state index < -0.39 is 0 Å². The molecule has 0 aliphatic heterocycles. The topological polar surface area (TPSA) is 60.4 Å². The second kappa shape index (κ2) is 7.20. The molecule has 36 heavy (non-hydrogen) atoms. The van der Waals surface area contributed by atoms with Gasteiger partial charge in [-0.1, -0.05) is 72.8 Å². The van der Waals surface area contributed by atoms with E-state index >= 15 is 0 Å². The van der Waals surface area contributed by atoms with E-state index in [0.717, 1.165) is 60.9 Å². The lowest BCUT2D eigenvalue weighted by atomic mass is 10.1. The molecule has 8 aromatic rings. The van der Waals surface area contributed by atoms with Crippen molar-refractivity contribution in [3.05, 3.63) is 109 Å². The Morgan fingerprint density at radius 2 is 1.03 bits per heavy atom. The fraction of sp³-hybridized carbons (Fsp3) is 0. The molecule has 0 amide bonds. The Balaban J connectivity index is 1.74. The summed E-state index contributed by atoms with van der Waals surface area (Å²) < 4.78 is 4.34. The summed E-state index contributed by atoms with van der Waals surface area (Å²) in [4.78, 5) is 20.1. The van der Waals surface area contributed by atoms with E-state index in [9.17, 15) is 0 Å². The molecule has 168 valence electrons. The van der Waals surface area contributed by atoms with Crippen LogP contribution < -0.4 is 0 Å². The Hall–Kier alpha value is -5.10. The molecule has 0 radical (unpaired) electrons. The molecule has 0 atom stereocenters. The number of imidazole rings is 2. The first-order chi connectivity index (χ1) is 17.9. The lowest BCUT2D eigenvalue weighted by Crippen LogP contribution is -1.98. The van der Waals surface area contributed by atoms with Gasteiger partial charge in [-0.2, -0.15) is 0 Å². The van der Waals surface area contributed by atoms with Crippen molar-refractivity contribution in [2.75, 3.05) is 0 Å². The first-order valence-corrected chi connectivity index (χ1v) is 11.8. The molecule has 0 aliphatic carbocycles. The molecule has 4 aromatic heterocycles. The molecule has 0 saturated carbocycles. The number of benzene rings is 4. The predicted octanol–water partition coefficient (Wildman–Crippen LogP) is 6.61. The minimum atomic E-state index is 0.671. The van der Waals surface area contributed by atoms with Crippen LogP contribution in [0.4, 0.5) is 0 Å². The number of para-hydroxylation sites is 5. The van der Waals surface area contributed by atoms with Crippen molar-refractivity contribution in [1.82, 2.24) is 28.7 Å². The van der Waals surface area contributed by atoms with Crippen molar-refractivity contribution >= 4 is 55.3 Å². The van der Waals surface area contributed by atoms with Gasteiger partial charge in [-0.25, -0.2) is 19.9 Å².